The maximum atomic E-state index is 11.6. The number of benzene rings is 1. The van der Waals surface area contributed by atoms with E-state index in [1.807, 2.05) is 0 Å². The Bertz CT molecular complexity index is 537. The molecule has 1 N–H and O–H groups in total. The summed E-state index contributed by atoms with van der Waals surface area (Å²) in [7, 11) is 1.42. The van der Waals surface area contributed by atoms with Crippen LogP contribution in [0.4, 0.5) is 0 Å². The summed E-state index contributed by atoms with van der Waals surface area (Å²) in [5.41, 5.74) is 0.538. The monoisotopic (exact) mass is 298 g/mol. The molecule has 0 aromatic heterocycles. The van der Waals surface area contributed by atoms with Gasteiger partial charge in [-0.25, -0.2) is 4.79 Å². The van der Waals surface area contributed by atoms with Gasteiger partial charge in [0.1, 0.15) is 11.5 Å². The number of esters is 1. The molecule has 0 aliphatic heterocycles. The summed E-state index contributed by atoms with van der Waals surface area (Å²) in [5.74, 6) is -1.07. The number of carbonyl (C=O) groups excluding carboxylic acids is 2. The molecule has 0 spiro atoms. The third-order valence-electron chi connectivity index (χ3n) is 2.46. The van der Waals surface area contributed by atoms with Gasteiger partial charge in [-0.3, -0.25) is 4.79 Å². The summed E-state index contributed by atoms with van der Waals surface area (Å²) in [4.78, 5) is 22.8. The number of phenols is 1. The summed E-state index contributed by atoms with van der Waals surface area (Å²) < 4.78 is 9.83. The van der Waals surface area contributed by atoms with Gasteiger partial charge in [-0.05, 0) is 19.1 Å². The second-order valence-corrected chi connectivity index (χ2v) is 4.02. The van der Waals surface area contributed by atoms with Gasteiger partial charge < -0.3 is 14.6 Å². The van der Waals surface area contributed by atoms with Crippen LogP contribution in [0.25, 0.3) is 6.08 Å². The van der Waals surface area contributed by atoms with E-state index >= 15 is 0 Å². The molecular formula is C14H15ClO5. The van der Waals surface area contributed by atoms with Crippen molar-refractivity contribution < 1.29 is 24.2 Å². The molecule has 0 unspecified atom stereocenters. The fraction of sp³-hybridized carbons (Fsp3) is 0.286. The predicted octanol–water partition coefficient (Wildman–Crippen LogP) is 2.40. The van der Waals surface area contributed by atoms with Gasteiger partial charge in [0.15, 0.2) is 5.78 Å². The number of alkyl halides is 1. The molecule has 0 bridgehead atoms. The van der Waals surface area contributed by atoms with E-state index in [-0.39, 0.29) is 23.8 Å². The van der Waals surface area contributed by atoms with E-state index < -0.39 is 11.8 Å². The van der Waals surface area contributed by atoms with Gasteiger partial charge in [-0.15, -0.1) is 11.6 Å². The number of carbonyl (C=O) groups is 2. The Kier molecular flexibility index (Phi) is 6.06. The first-order chi connectivity index (χ1) is 9.53. The topological polar surface area (TPSA) is 72.8 Å². The number of hydrogen-bond donors (Lipinski definition) is 1. The first-order valence-corrected chi connectivity index (χ1v) is 6.41. The molecule has 5 nitrogen and oxygen atoms in total. The number of methoxy groups -OCH3 is 1. The van der Waals surface area contributed by atoms with Crippen molar-refractivity contribution in [1.82, 2.24) is 0 Å². The highest BCUT2D eigenvalue weighted by Gasteiger charge is 2.14. The normalized spacial score (nSPS) is 10.6. The van der Waals surface area contributed by atoms with Gasteiger partial charge in [0, 0.05) is 17.7 Å². The van der Waals surface area contributed by atoms with Crippen LogP contribution in [0.15, 0.2) is 18.2 Å². The van der Waals surface area contributed by atoms with Crippen LogP contribution < -0.4 is 4.74 Å². The zero-order chi connectivity index (χ0) is 15.1. The molecule has 1 aromatic carbocycles. The molecule has 0 aliphatic rings. The van der Waals surface area contributed by atoms with Crippen molar-refractivity contribution in [3.63, 3.8) is 0 Å². The van der Waals surface area contributed by atoms with Gasteiger partial charge in [-0.2, -0.15) is 0 Å². The van der Waals surface area contributed by atoms with Crippen molar-refractivity contribution in [1.29, 1.82) is 0 Å². The number of rotatable bonds is 6. The number of Topliss-reactive ketones (excluding diaryl/α,β-unsaturated/α-hetero) is 1. The molecule has 0 saturated heterocycles. The van der Waals surface area contributed by atoms with Crippen LogP contribution >= 0.6 is 11.6 Å². The molecule has 0 aliphatic carbocycles. The van der Waals surface area contributed by atoms with Gasteiger partial charge in [0.25, 0.3) is 0 Å². The van der Waals surface area contributed by atoms with Crippen molar-refractivity contribution in [2.45, 2.75) is 6.92 Å². The van der Waals surface area contributed by atoms with E-state index in [4.69, 9.17) is 21.1 Å². The summed E-state index contributed by atoms with van der Waals surface area (Å²) in [6.45, 7) is 1.97. The Balaban J connectivity index is 3.16. The smallest absolute Gasteiger partial charge is 0.330 e. The van der Waals surface area contributed by atoms with Crippen LogP contribution in [0.1, 0.15) is 22.8 Å². The Hall–Kier alpha value is -2.01. The molecule has 0 heterocycles. The van der Waals surface area contributed by atoms with Gasteiger partial charge >= 0.3 is 5.97 Å². The first-order valence-electron chi connectivity index (χ1n) is 5.88. The van der Waals surface area contributed by atoms with E-state index in [2.05, 4.69) is 0 Å². The fourth-order valence-electron chi connectivity index (χ4n) is 1.54. The van der Waals surface area contributed by atoms with Crippen molar-refractivity contribution in [2.24, 2.45) is 0 Å². The van der Waals surface area contributed by atoms with Crippen LogP contribution in [0.2, 0.25) is 0 Å². The van der Waals surface area contributed by atoms with E-state index in [1.165, 1.54) is 31.4 Å². The fourth-order valence-corrected chi connectivity index (χ4v) is 1.68. The lowest BCUT2D eigenvalue weighted by Crippen LogP contribution is -2.02. The lowest BCUT2D eigenvalue weighted by Gasteiger charge is -2.09. The van der Waals surface area contributed by atoms with Crippen LogP contribution in [0.3, 0.4) is 0 Å². The number of ether oxygens (including phenoxy) is 2. The van der Waals surface area contributed by atoms with Crippen LogP contribution in [-0.2, 0) is 9.53 Å². The minimum Gasteiger partial charge on any atom is -0.507 e. The Morgan fingerprint density at radius 1 is 1.40 bits per heavy atom. The summed E-state index contributed by atoms with van der Waals surface area (Å²) >= 11 is 5.47. The van der Waals surface area contributed by atoms with Crippen LogP contribution in [0, 0.1) is 0 Å². The minimum atomic E-state index is -0.507. The van der Waals surface area contributed by atoms with E-state index in [9.17, 15) is 14.7 Å². The molecule has 1 aromatic rings. The Morgan fingerprint density at radius 2 is 2.10 bits per heavy atom. The number of ketones is 1. The highest BCUT2D eigenvalue weighted by molar-refractivity contribution is 6.30. The number of halogens is 1. The average Bonchev–Trinajstić information content (AvgIpc) is 2.45. The van der Waals surface area contributed by atoms with E-state index in [1.54, 1.807) is 6.92 Å². The summed E-state index contributed by atoms with van der Waals surface area (Å²) in [6, 6.07) is 2.71. The molecule has 0 saturated carbocycles. The highest BCUT2D eigenvalue weighted by atomic mass is 35.5. The largest absolute Gasteiger partial charge is 0.507 e. The SMILES string of the molecule is CCOC(=O)/C=C/c1cc(C(=O)CCl)c(O)cc1OC. The summed E-state index contributed by atoms with van der Waals surface area (Å²) in [5, 5.41) is 9.73. The number of hydrogen-bond acceptors (Lipinski definition) is 5. The van der Waals surface area contributed by atoms with Crippen molar-refractivity contribution in [3.8, 4) is 11.5 Å². The lowest BCUT2D eigenvalue weighted by atomic mass is 10.0. The van der Waals surface area contributed by atoms with Gasteiger partial charge in [0.2, 0.25) is 0 Å². The second-order valence-electron chi connectivity index (χ2n) is 3.75. The molecule has 1 rings (SSSR count). The van der Waals surface area contributed by atoms with E-state index in [0.717, 1.165) is 0 Å². The molecule has 108 valence electrons. The highest BCUT2D eigenvalue weighted by Crippen LogP contribution is 2.29. The van der Waals surface area contributed by atoms with Crippen molar-refractivity contribution in [2.75, 3.05) is 19.6 Å². The summed E-state index contributed by atoms with van der Waals surface area (Å²) in [6.07, 6.45) is 2.66. The molecule has 0 amide bonds. The van der Waals surface area contributed by atoms with Crippen LogP contribution in [-0.4, -0.2) is 36.5 Å². The average molecular weight is 299 g/mol. The standard InChI is InChI=1S/C14H15ClO5/c1-3-20-14(18)5-4-9-6-10(12(17)8-15)11(16)7-13(9)19-2/h4-7,16H,3,8H2,1-2H3/b5-4+. The van der Waals surface area contributed by atoms with Crippen molar-refractivity contribution >= 4 is 29.4 Å². The Morgan fingerprint density at radius 3 is 2.65 bits per heavy atom. The van der Waals surface area contributed by atoms with Gasteiger partial charge in [0.05, 0.1) is 25.2 Å². The number of phenolic OH excluding ortho intramolecular Hbond substituents is 1. The molecule has 20 heavy (non-hydrogen) atoms. The zero-order valence-corrected chi connectivity index (χ0v) is 11.9. The molecule has 0 fully saturated rings. The zero-order valence-electron chi connectivity index (χ0n) is 11.2. The van der Waals surface area contributed by atoms with E-state index in [0.29, 0.717) is 11.3 Å². The first kappa shape index (κ1) is 16.0. The second kappa shape index (κ2) is 7.55. The maximum absolute atomic E-state index is 11.6. The van der Waals surface area contributed by atoms with Crippen LogP contribution in [0.5, 0.6) is 11.5 Å². The molecule has 0 atom stereocenters. The third-order valence-corrected chi connectivity index (χ3v) is 2.70. The maximum Gasteiger partial charge on any atom is 0.330 e. The molecular weight excluding hydrogens is 284 g/mol. The molecule has 0 radical (unpaired) electrons. The van der Waals surface area contributed by atoms with Gasteiger partial charge in [-0.1, -0.05) is 0 Å². The molecule has 6 heteroatoms. The third kappa shape index (κ3) is 3.99. The number of aromatic hydroxyl groups is 1. The minimum absolute atomic E-state index is 0.0734. The quantitative estimate of drug-likeness (QED) is 0.378. The Labute approximate surface area is 121 Å². The van der Waals surface area contributed by atoms with Crippen molar-refractivity contribution in [3.05, 3.63) is 29.3 Å². The lowest BCUT2D eigenvalue weighted by molar-refractivity contribution is -0.137. The predicted molar refractivity (Wildman–Crippen MR) is 75.4 cm³/mol.